The Morgan fingerprint density at radius 1 is 1.40 bits per heavy atom. The smallest absolute Gasteiger partial charge is 0.292 e. The monoisotopic (exact) mass is 279 g/mol. The van der Waals surface area contributed by atoms with E-state index in [1.165, 1.54) is 0 Å². The number of benzene rings is 1. The number of morpholine rings is 1. The molecule has 2 rings (SSSR count). The number of ether oxygens (including phenoxy) is 1. The van der Waals surface area contributed by atoms with Crippen molar-refractivity contribution in [3.05, 3.63) is 33.9 Å². The molecule has 1 heterocycles. The van der Waals surface area contributed by atoms with Gasteiger partial charge in [0.1, 0.15) is 5.69 Å². The molecule has 6 heteroatoms. The van der Waals surface area contributed by atoms with E-state index in [0.29, 0.717) is 5.69 Å². The largest absolute Gasteiger partial charge is 0.383 e. The van der Waals surface area contributed by atoms with E-state index in [-0.39, 0.29) is 22.8 Å². The van der Waals surface area contributed by atoms with Gasteiger partial charge >= 0.3 is 0 Å². The fraction of sp³-hybridized carbons (Fsp3) is 0.571. The maximum Gasteiger partial charge on any atom is 0.292 e. The zero-order valence-corrected chi connectivity index (χ0v) is 12.1. The van der Waals surface area contributed by atoms with Crippen LogP contribution >= 0.6 is 0 Å². The Hall–Kier alpha value is -1.66. The summed E-state index contributed by atoms with van der Waals surface area (Å²) < 4.78 is 5.71. The number of hydrogen-bond acceptors (Lipinski definition) is 5. The molecule has 6 nitrogen and oxygen atoms in total. The van der Waals surface area contributed by atoms with Gasteiger partial charge in [-0.3, -0.25) is 15.0 Å². The lowest BCUT2D eigenvalue weighted by molar-refractivity contribution is -0.384. The molecule has 0 unspecified atom stereocenters. The van der Waals surface area contributed by atoms with Crippen molar-refractivity contribution in [3.8, 4) is 0 Å². The first-order valence-corrected chi connectivity index (χ1v) is 6.82. The van der Waals surface area contributed by atoms with Gasteiger partial charge in [0, 0.05) is 32.7 Å². The molecular weight excluding hydrogens is 258 g/mol. The van der Waals surface area contributed by atoms with Gasteiger partial charge in [-0.1, -0.05) is 6.07 Å². The van der Waals surface area contributed by atoms with Crippen LogP contribution in [0.3, 0.4) is 0 Å². The van der Waals surface area contributed by atoms with E-state index >= 15 is 0 Å². The van der Waals surface area contributed by atoms with Gasteiger partial charge in [0.25, 0.3) is 5.69 Å². The van der Waals surface area contributed by atoms with Crippen molar-refractivity contribution in [2.24, 2.45) is 0 Å². The summed E-state index contributed by atoms with van der Waals surface area (Å²) in [6.45, 7) is 6.69. The summed E-state index contributed by atoms with van der Waals surface area (Å²) in [5.41, 5.74) is 1.74. The van der Waals surface area contributed by atoms with Crippen LogP contribution in [0.1, 0.15) is 19.4 Å². The molecule has 2 atom stereocenters. The van der Waals surface area contributed by atoms with E-state index in [1.54, 1.807) is 13.1 Å². The van der Waals surface area contributed by atoms with Gasteiger partial charge in [-0.15, -0.1) is 0 Å². The van der Waals surface area contributed by atoms with E-state index in [0.717, 1.165) is 25.2 Å². The number of anilines is 1. The van der Waals surface area contributed by atoms with Crippen LogP contribution < -0.4 is 5.32 Å². The fourth-order valence-electron chi connectivity index (χ4n) is 2.71. The van der Waals surface area contributed by atoms with Gasteiger partial charge in [0.2, 0.25) is 0 Å². The first-order valence-electron chi connectivity index (χ1n) is 6.82. The van der Waals surface area contributed by atoms with Crippen LogP contribution in [-0.2, 0) is 11.3 Å². The highest BCUT2D eigenvalue weighted by atomic mass is 16.6. The van der Waals surface area contributed by atoms with Crippen molar-refractivity contribution in [1.29, 1.82) is 0 Å². The number of nitro groups is 1. The lowest BCUT2D eigenvalue weighted by Crippen LogP contribution is -2.44. The lowest BCUT2D eigenvalue weighted by atomic mass is 10.1. The summed E-state index contributed by atoms with van der Waals surface area (Å²) >= 11 is 0. The van der Waals surface area contributed by atoms with Gasteiger partial charge in [0.15, 0.2) is 0 Å². The van der Waals surface area contributed by atoms with E-state index in [2.05, 4.69) is 24.1 Å². The second kappa shape index (κ2) is 6.19. The van der Waals surface area contributed by atoms with Crippen LogP contribution in [0.2, 0.25) is 0 Å². The van der Waals surface area contributed by atoms with E-state index in [4.69, 9.17) is 4.74 Å². The van der Waals surface area contributed by atoms with Crippen LogP contribution in [0.5, 0.6) is 0 Å². The highest BCUT2D eigenvalue weighted by molar-refractivity contribution is 5.62. The molecular formula is C14H21N3O3. The molecule has 1 N–H and O–H groups in total. The number of rotatable bonds is 4. The molecule has 1 fully saturated rings. The van der Waals surface area contributed by atoms with Crippen LogP contribution in [-0.4, -0.2) is 42.2 Å². The third kappa shape index (κ3) is 3.46. The zero-order chi connectivity index (χ0) is 14.7. The minimum atomic E-state index is -0.367. The summed E-state index contributed by atoms with van der Waals surface area (Å²) in [5.74, 6) is 0. The van der Waals surface area contributed by atoms with Gasteiger partial charge in [-0.25, -0.2) is 0 Å². The topological polar surface area (TPSA) is 67.6 Å². The van der Waals surface area contributed by atoms with Crippen molar-refractivity contribution in [2.45, 2.75) is 32.6 Å². The minimum Gasteiger partial charge on any atom is -0.383 e. The quantitative estimate of drug-likeness (QED) is 0.676. The summed E-state index contributed by atoms with van der Waals surface area (Å²) in [6.07, 6.45) is 0.445. The second-order valence-electron chi connectivity index (χ2n) is 5.31. The molecule has 1 aliphatic heterocycles. The van der Waals surface area contributed by atoms with Crippen LogP contribution in [0.4, 0.5) is 11.4 Å². The Kier molecular flexibility index (Phi) is 4.57. The molecule has 0 spiro atoms. The Labute approximate surface area is 118 Å². The van der Waals surface area contributed by atoms with Crippen LogP contribution in [0, 0.1) is 10.1 Å². The molecule has 0 aliphatic carbocycles. The first-order chi connectivity index (χ1) is 9.49. The van der Waals surface area contributed by atoms with E-state index < -0.39 is 0 Å². The van der Waals surface area contributed by atoms with E-state index in [9.17, 15) is 10.1 Å². The maximum atomic E-state index is 10.9. The normalized spacial score (nSPS) is 23.6. The molecule has 0 saturated carbocycles. The molecule has 0 bridgehead atoms. The van der Waals surface area contributed by atoms with Crippen molar-refractivity contribution >= 4 is 11.4 Å². The van der Waals surface area contributed by atoms with E-state index in [1.807, 2.05) is 12.1 Å². The Morgan fingerprint density at radius 3 is 2.60 bits per heavy atom. The summed E-state index contributed by atoms with van der Waals surface area (Å²) in [7, 11) is 1.70. The molecule has 110 valence electrons. The first kappa shape index (κ1) is 14.7. The van der Waals surface area contributed by atoms with Crippen molar-refractivity contribution < 1.29 is 9.66 Å². The zero-order valence-electron chi connectivity index (χ0n) is 12.1. The number of nitro benzene ring substituents is 1. The number of hydrogen-bond donors (Lipinski definition) is 1. The summed E-state index contributed by atoms with van der Waals surface area (Å²) in [5, 5.41) is 13.8. The van der Waals surface area contributed by atoms with Gasteiger partial charge in [-0.05, 0) is 25.5 Å². The van der Waals surface area contributed by atoms with Crippen molar-refractivity contribution in [2.75, 3.05) is 25.5 Å². The Balaban J connectivity index is 2.11. The van der Waals surface area contributed by atoms with Crippen molar-refractivity contribution in [3.63, 3.8) is 0 Å². The molecule has 0 amide bonds. The summed E-state index contributed by atoms with van der Waals surface area (Å²) in [6, 6.07) is 5.24. The van der Waals surface area contributed by atoms with Crippen LogP contribution in [0.15, 0.2) is 18.2 Å². The SMILES string of the molecule is CNc1cc(CN2C[C@@H](C)O[C@@H](C)C2)ccc1[N+](=O)[O-]. The molecule has 1 aromatic carbocycles. The third-order valence-corrected chi connectivity index (χ3v) is 3.43. The summed E-state index contributed by atoms with van der Waals surface area (Å²) in [4.78, 5) is 12.9. The van der Waals surface area contributed by atoms with Gasteiger partial charge in [0.05, 0.1) is 17.1 Å². The van der Waals surface area contributed by atoms with Crippen molar-refractivity contribution in [1.82, 2.24) is 4.90 Å². The molecule has 1 aromatic rings. The molecule has 1 saturated heterocycles. The average Bonchev–Trinajstić information content (AvgIpc) is 2.37. The molecule has 0 aromatic heterocycles. The second-order valence-corrected chi connectivity index (χ2v) is 5.31. The lowest BCUT2D eigenvalue weighted by Gasteiger charge is -2.35. The van der Waals surface area contributed by atoms with Gasteiger partial charge < -0.3 is 10.1 Å². The molecule has 0 radical (unpaired) electrons. The standard InChI is InChI=1S/C14H21N3O3/c1-10-7-16(8-11(2)20-10)9-12-4-5-14(17(18)19)13(6-12)15-3/h4-6,10-11,15H,7-9H2,1-3H3/t10-,11+. The highest BCUT2D eigenvalue weighted by Gasteiger charge is 2.22. The predicted octanol–water partition coefficient (Wildman–Crippen LogP) is 2.25. The predicted molar refractivity (Wildman–Crippen MR) is 77.9 cm³/mol. The number of nitrogens with zero attached hydrogens (tertiary/aromatic N) is 2. The Morgan fingerprint density at radius 2 is 2.05 bits per heavy atom. The number of nitrogens with one attached hydrogen (secondary N) is 1. The average molecular weight is 279 g/mol. The van der Waals surface area contributed by atoms with Gasteiger partial charge in [-0.2, -0.15) is 0 Å². The Bertz CT molecular complexity index is 483. The third-order valence-electron chi connectivity index (χ3n) is 3.43. The fourth-order valence-corrected chi connectivity index (χ4v) is 2.71. The maximum absolute atomic E-state index is 10.9. The molecule has 1 aliphatic rings. The minimum absolute atomic E-state index is 0.111. The molecule has 20 heavy (non-hydrogen) atoms. The highest BCUT2D eigenvalue weighted by Crippen LogP contribution is 2.26. The van der Waals surface area contributed by atoms with Crippen LogP contribution in [0.25, 0.3) is 0 Å².